The van der Waals surface area contributed by atoms with Crippen molar-refractivity contribution in [3.8, 4) is 0 Å². The summed E-state index contributed by atoms with van der Waals surface area (Å²) < 4.78 is 11.2. The molecule has 0 aromatic heterocycles. The van der Waals surface area contributed by atoms with Gasteiger partial charge in [0.25, 0.3) is 0 Å². The second kappa shape index (κ2) is 11.4. The summed E-state index contributed by atoms with van der Waals surface area (Å²) in [4.78, 5) is 9.74. The van der Waals surface area contributed by atoms with Crippen LogP contribution in [-0.2, 0) is 9.47 Å². The Kier molecular flexibility index (Phi) is 8.62. The highest BCUT2D eigenvalue weighted by Gasteiger charge is 2.21. The molecule has 3 rings (SSSR count). The van der Waals surface area contributed by atoms with Crippen LogP contribution in [0.2, 0.25) is 0 Å². The number of benzene rings is 1. The first-order chi connectivity index (χ1) is 14.2. The van der Waals surface area contributed by atoms with E-state index in [4.69, 9.17) is 14.5 Å². The molecule has 2 aliphatic heterocycles. The number of guanidine groups is 1. The predicted molar refractivity (Wildman–Crippen MR) is 120 cm³/mol. The Morgan fingerprint density at radius 2 is 2.07 bits per heavy atom. The number of hydrogen-bond donors (Lipinski definition) is 1. The van der Waals surface area contributed by atoms with E-state index in [1.54, 1.807) is 0 Å². The molecular weight excluding hydrogens is 364 g/mol. The first-order valence-electron chi connectivity index (χ1n) is 11.2. The number of nitrogens with one attached hydrogen (secondary N) is 1. The average Bonchev–Trinajstić information content (AvgIpc) is 3.25. The van der Waals surface area contributed by atoms with Gasteiger partial charge < -0.3 is 24.6 Å². The molecule has 0 spiro atoms. The summed E-state index contributed by atoms with van der Waals surface area (Å²) >= 11 is 0. The van der Waals surface area contributed by atoms with Gasteiger partial charge in [0.1, 0.15) is 0 Å². The monoisotopic (exact) mass is 402 g/mol. The Hall–Kier alpha value is -1.79. The minimum atomic E-state index is 0.587. The van der Waals surface area contributed by atoms with Gasteiger partial charge in [-0.3, -0.25) is 4.99 Å². The van der Waals surface area contributed by atoms with E-state index in [0.29, 0.717) is 5.92 Å². The molecule has 0 amide bonds. The third-order valence-corrected chi connectivity index (χ3v) is 5.92. The lowest BCUT2D eigenvalue weighted by Gasteiger charge is -2.38. The van der Waals surface area contributed by atoms with Gasteiger partial charge in [-0.15, -0.1) is 0 Å². The van der Waals surface area contributed by atoms with Crippen molar-refractivity contribution in [1.29, 1.82) is 0 Å². The van der Waals surface area contributed by atoms with Crippen molar-refractivity contribution in [2.75, 3.05) is 70.6 Å². The minimum Gasteiger partial charge on any atom is -0.381 e. The molecule has 0 aliphatic carbocycles. The van der Waals surface area contributed by atoms with Gasteiger partial charge >= 0.3 is 0 Å². The lowest BCUT2D eigenvalue weighted by Crippen LogP contribution is -2.52. The van der Waals surface area contributed by atoms with Crippen LogP contribution in [0.1, 0.15) is 30.9 Å². The van der Waals surface area contributed by atoms with Crippen molar-refractivity contribution in [3.05, 3.63) is 29.3 Å². The predicted octanol–water partition coefficient (Wildman–Crippen LogP) is 2.83. The summed E-state index contributed by atoms with van der Waals surface area (Å²) in [6.07, 6.45) is 2.10. The molecule has 1 unspecified atom stereocenters. The van der Waals surface area contributed by atoms with Gasteiger partial charge in [-0.25, -0.2) is 0 Å². The van der Waals surface area contributed by atoms with E-state index in [1.165, 1.54) is 16.8 Å². The quantitative estimate of drug-likeness (QED) is 0.412. The second-order valence-corrected chi connectivity index (χ2v) is 8.09. The fraction of sp³-hybridized carbons (Fsp3) is 0.696. The Morgan fingerprint density at radius 1 is 1.24 bits per heavy atom. The van der Waals surface area contributed by atoms with E-state index in [2.05, 4.69) is 54.1 Å². The van der Waals surface area contributed by atoms with E-state index in [9.17, 15) is 0 Å². The number of anilines is 1. The van der Waals surface area contributed by atoms with Gasteiger partial charge in [-0.05, 0) is 50.8 Å². The summed E-state index contributed by atoms with van der Waals surface area (Å²) in [7, 11) is 0. The molecule has 1 N–H and O–H groups in total. The number of aliphatic imine (C=N–C) groups is 1. The van der Waals surface area contributed by atoms with Crippen LogP contribution in [0.25, 0.3) is 0 Å². The third-order valence-electron chi connectivity index (χ3n) is 5.92. The molecule has 0 radical (unpaired) electrons. The normalized spacial score (nSPS) is 20.4. The maximum Gasteiger partial charge on any atom is 0.194 e. The molecule has 162 valence electrons. The minimum absolute atomic E-state index is 0.587. The molecule has 2 aliphatic rings. The van der Waals surface area contributed by atoms with Crippen molar-refractivity contribution in [1.82, 2.24) is 10.2 Å². The molecule has 0 bridgehead atoms. The third kappa shape index (κ3) is 6.34. The second-order valence-electron chi connectivity index (χ2n) is 8.09. The first kappa shape index (κ1) is 21.9. The molecular formula is C23H38N4O2. The van der Waals surface area contributed by atoms with Gasteiger partial charge in [-0.1, -0.05) is 12.1 Å². The topological polar surface area (TPSA) is 49.3 Å². The van der Waals surface area contributed by atoms with Crippen LogP contribution in [0.5, 0.6) is 0 Å². The van der Waals surface area contributed by atoms with Gasteiger partial charge in [0.2, 0.25) is 0 Å². The zero-order valence-corrected chi connectivity index (χ0v) is 18.5. The van der Waals surface area contributed by atoms with Crippen molar-refractivity contribution >= 4 is 11.6 Å². The molecule has 2 heterocycles. The van der Waals surface area contributed by atoms with Gasteiger partial charge in [-0.2, -0.15) is 0 Å². The number of nitrogens with zero attached hydrogens (tertiary/aromatic N) is 3. The maximum atomic E-state index is 5.80. The van der Waals surface area contributed by atoms with Crippen LogP contribution < -0.4 is 10.2 Å². The van der Waals surface area contributed by atoms with Gasteiger partial charge in [0.15, 0.2) is 5.96 Å². The fourth-order valence-electron chi connectivity index (χ4n) is 3.98. The van der Waals surface area contributed by atoms with Gasteiger partial charge in [0, 0.05) is 64.1 Å². The van der Waals surface area contributed by atoms with Crippen LogP contribution in [0, 0.1) is 19.8 Å². The lowest BCUT2D eigenvalue weighted by atomic mass is 10.1. The highest BCUT2D eigenvalue weighted by molar-refractivity contribution is 5.80. The maximum absolute atomic E-state index is 5.80. The Morgan fingerprint density at radius 3 is 2.79 bits per heavy atom. The number of aryl methyl sites for hydroxylation is 1. The van der Waals surface area contributed by atoms with Crippen molar-refractivity contribution in [3.63, 3.8) is 0 Å². The largest absolute Gasteiger partial charge is 0.381 e. The lowest BCUT2D eigenvalue weighted by molar-refractivity contribution is 0.0893. The van der Waals surface area contributed by atoms with E-state index in [0.717, 1.165) is 84.5 Å². The number of piperazine rings is 1. The van der Waals surface area contributed by atoms with E-state index < -0.39 is 0 Å². The van der Waals surface area contributed by atoms with Crippen molar-refractivity contribution in [2.45, 2.75) is 33.6 Å². The van der Waals surface area contributed by atoms with E-state index in [1.807, 2.05) is 0 Å². The molecule has 1 atom stereocenters. The molecule has 2 fully saturated rings. The summed E-state index contributed by atoms with van der Waals surface area (Å²) in [6, 6.07) is 6.60. The molecule has 1 aromatic carbocycles. The molecule has 0 saturated carbocycles. The van der Waals surface area contributed by atoms with Crippen molar-refractivity contribution in [2.24, 2.45) is 10.9 Å². The summed E-state index contributed by atoms with van der Waals surface area (Å²) in [5.74, 6) is 1.63. The van der Waals surface area contributed by atoms with Crippen LogP contribution >= 0.6 is 0 Å². The highest BCUT2D eigenvalue weighted by atomic mass is 16.5. The van der Waals surface area contributed by atoms with Gasteiger partial charge in [0.05, 0.1) is 13.2 Å². The molecule has 6 nitrogen and oxygen atoms in total. The highest BCUT2D eigenvalue weighted by Crippen LogP contribution is 2.23. The molecule has 2 saturated heterocycles. The summed E-state index contributed by atoms with van der Waals surface area (Å²) in [6.45, 7) is 15.7. The fourth-order valence-corrected chi connectivity index (χ4v) is 3.98. The van der Waals surface area contributed by atoms with Crippen molar-refractivity contribution < 1.29 is 9.47 Å². The zero-order chi connectivity index (χ0) is 20.5. The smallest absolute Gasteiger partial charge is 0.194 e. The van der Waals surface area contributed by atoms with E-state index in [-0.39, 0.29) is 0 Å². The SMILES string of the molecule is CCNC(=NCCCOCC1CCOC1)N1CCN(c2cccc(C)c2C)CC1. The summed E-state index contributed by atoms with van der Waals surface area (Å²) in [5.41, 5.74) is 4.13. The van der Waals surface area contributed by atoms with E-state index >= 15 is 0 Å². The number of rotatable bonds is 8. The number of ether oxygens (including phenoxy) is 2. The molecule has 6 heteroatoms. The molecule has 29 heavy (non-hydrogen) atoms. The van der Waals surface area contributed by atoms with Crippen LogP contribution in [-0.4, -0.2) is 76.6 Å². The Labute approximate surface area is 176 Å². The van der Waals surface area contributed by atoms with Crippen LogP contribution in [0.15, 0.2) is 23.2 Å². The first-order valence-corrected chi connectivity index (χ1v) is 11.2. The Bertz CT molecular complexity index is 650. The Balaban J connectivity index is 1.43. The number of hydrogen-bond acceptors (Lipinski definition) is 4. The average molecular weight is 403 g/mol. The standard InChI is InChI=1S/C23H38N4O2/c1-4-24-23(25-10-6-15-28-17-21-9-16-29-18-21)27-13-11-26(12-14-27)22-8-5-7-19(2)20(22)3/h5,7-8,21H,4,6,9-18H2,1-3H3,(H,24,25). The van der Waals surface area contributed by atoms with Crippen LogP contribution in [0.4, 0.5) is 5.69 Å². The zero-order valence-electron chi connectivity index (χ0n) is 18.5. The van der Waals surface area contributed by atoms with Crippen LogP contribution in [0.3, 0.4) is 0 Å². The molecule has 1 aromatic rings. The summed E-state index contributed by atoms with van der Waals surface area (Å²) in [5, 5.41) is 3.46.